The van der Waals surface area contributed by atoms with Crippen molar-refractivity contribution in [1.29, 1.82) is 0 Å². The maximum absolute atomic E-state index is 9.41. The Hall–Kier alpha value is -3.18. The van der Waals surface area contributed by atoms with Crippen LogP contribution in [0.15, 0.2) is 67.0 Å². The Bertz CT molecular complexity index is 995. The van der Waals surface area contributed by atoms with Gasteiger partial charge in [-0.3, -0.25) is 4.98 Å². The SMILES string of the molecule is OCc1cccc(-c2cc(NCc3ccccn3)nc3[nH]ccc23)c1. The number of aromatic amines is 1. The van der Waals surface area contributed by atoms with E-state index in [0.717, 1.165) is 39.2 Å². The minimum absolute atomic E-state index is 0.0278. The Labute approximate surface area is 145 Å². The molecule has 5 nitrogen and oxygen atoms in total. The van der Waals surface area contributed by atoms with Gasteiger partial charge in [-0.05, 0) is 47.0 Å². The van der Waals surface area contributed by atoms with Crippen LogP contribution in [0.25, 0.3) is 22.2 Å². The molecule has 0 saturated heterocycles. The topological polar surface area (TPSA) is 73.8 Å². The van der Waals surface area contributed by atoms with Gasteiger partial charge in [0.15, 0.2) is 0 Å². The van der Waals surface area contributed by atoms with Gasteiger partial charge in [-0.1, -0.05) is 24.3 Å². The molecule has 0 aliphatic rings. The van der Waals surface area contributed by atoms with E-state index < -0.39 is 0 Å². The van der Waals surface area contributed by atoms with Crippen molar-refractivity contribution in [2.75, 3.05) is 5.32 Å². The van der Waals surface area contributed by atoms with Gasteiger partial charge < -0.3 is 15.4 Å². The summed E-state index contributed by atoms with van der Waals surface area (Å²) in [5, 5.41) is 13.8. The number of benzene rings is 1. The van der Waals surface area contributed by atoms with E-state index in [1.54, 1.807) is 6.20 Å². The standard InChI is InChI=1S/C20H18N4O/c25-13-14-4-3-5-15(10-14)18-11-19(24-20-17(18)7-9-22-20)23-12-16-6-1-2-8-21-16/h1-11,25H,12-13H2,(H2,22,23,24). The second kappa shape index (κ2) is 6.75. The van der Waals surface area contributed by atoms with Gasteiger partial charge in [0.2, 0.25) is 0 Å². The summed E-state index contributed by atoms with van der Waals surface area (Å²) in [5.74, 6) is 0.782. The van der Waals surface area contributed by atoms with Gasteiger partial charge in [0.05, 0.1) is 18.8 Å². The van der Waals surface area contributed by atoms with Gasteiger partial charge in [0.1, 0.15) is 11.5 Å². The van der Waals surface area contributed by atoms with E-state index in [9.17, 15) is 5.11 Å². The maximum atomic E-state index is 9.41. The Kier molecular flexibility index (Phi) is 4.14. The van der Waals surface area contributed by atoms with Crippen molar-refractivity contribution < 1.29 is 5.11 Å². The lowest BCUT2D eigenvalue weighted by Gasteiger charge is -2.10. The summed E-state index contributed by atoms with van der Waals surface area (Å²) < 4.78 is 0. The largest absolute Gasteiger partial charge is 0.392 e. The highest BCUT2D eigenvalue weighted by molar-refractivity contribution is 5.94. The van der Waals surface area contributed by atoms with Crippen molar-refractivity contribution in [2.24, 2.45) is 0 Å². The average molecular weight is 330 g/mol. The number of aliphatic hydroxyl groups excluding tert-OH is 1. The Balaban J connectivity index is 1.72. The number of nitrogens with one attached hydrogen (secondary N) is 2. The van der Waals surface area contributed by atoms with Crippen LogP contribution < -0.4 is 5.32 Å². The predicted octanol–water partition coefficient (Wildman–Crippen LogP) is 3.73. The molecule has 0 bridgehead atoms. The summed E-state index contributed by atoms with van der Waals surface area (Å²) >= 11 is 0. The third-order valence-electron chi connectivity index (χ3n) is 4.13. The number of aromatic nitrogens is 3. The van der Waals surface area contributed by atoms with Crippen LogP contribution in [0.5, 0.6) is 0 Å². The van der Waals surface area contributed by atoms with Crippen molar-refractivity contribution in [2.45, 2.75) is 13.2 Å². The van der Waals surface area contributed by atoms with E-state index in [0.29, 0.717) is 6.54 Å². The van der Waals surface area contributed by atoms with E-state index in [1.807, 2.05) is 60.8 Å². The van der Waals surface area contributed by atoms with E-state index >= 15 is 0 Å². The summed E-state index contributed by atoms with van der Waals surface area (Å²) in [4.78, 5) is 12.1. The summed E-state index contributed by atoms with van der Waals surface area (Å²) in [7, 11) is 0. The molecular weight excluding hydrogens is 312 g/mol. The van der Waals surface area contributed by atoms with Crippen LogP contribution in [0.4, 0.5) is 5.82 Å². The number of pyridine rings is 2. The lowest BCUT2D eigenvalue weighted by atomic mass is 10.0. The smallest absolute Gasteiger partial charge is 0.140 e. The molecule has 4 rings (SSSR count). The molecule has 0 saturated carbocycles. The molecule has 3 aromatic heterocycles. The Morgan fingerprint density at radius 3 is 2.84 bits per heavy atom. The van der Waals surface area contributed by atoms with Gasteiger partial charge in [0.25, 0.3) is 0 Å². The minimum atomic E-state index is 0.0278. The van der Waals surface area contributed by atoms with Crippen LogP contribution in [0.3, 0.4) is 0 Å². The number of hydrogen-bond donors (Lipinski definition) is 3. The zero-order valence-corrected chi connectivity index (χ0v) is 13.6. The van der Waals surface area contributed by atoms with Crippen molar-refractivity contribution in [1.82, 2.24) is 15.0 Å². The molecule has 0 unspecified atom stereocenters. The Morgan fingerprint density at radius 2 is 2.00 bits per heavy atom. The molecule has 3 heterocycles. The number of rotatable bonds is 5. The molecule has 5 heteroatoms. The fourth-order valence-electron chi connectivity index (χ4n) is 2.89. The van der Waals surface area contributed by atoms with Gasteiger partial charge >= 0.3 is 0 Å². The highest BCUT2D eigenvalue weighted by Gasteiger charge is 2.09. The van der Waals surface area contributed by atoms with E-state index in [-0.39, 0.29) is 6.61 Å². The van der Waals surface area contributed by atoms with E-state index in [1.165, 1.54) is 0 Å². The summed E-state index contributed by atoms with van der Waals surface area (Å²) in [6.45, 7) is 0.635. The first-order valence-corrected chi connectivity index (χ1v) is 8.15. The van der Waals surface area contributed by atoms with Gasteiger partial charge in [-0.2, -0.15) is 0 Å². The maximum Gasteiger partial charge on any atom is 0.140 e. The quantitative estimate of drug-likeness (QED) is 0.521. The molecule has 1 aromatic carbocycles. The third kappa shape index (κ3) is 3.22. The van der Waals surface area contributed by atoms with Crippen molar-refractivity contribution in [3.8, 4) is 11.1 Å². The minimum Gasteiger partial charge on any atom is -0.392 e. The van der Waals surface area contributed by atoms with Crippen LogP contribution in [0.1, 0.15) is 11.3 Å². The monoisotopic (exact) mass is 330 g/mol. The van der Waals surface area contributed by atoms with Crippen LogP contribution in [-0.2, 0) is 13.2 Å². The summed E-state index contributed by atoms with van der Waals surface area (Å²) in [5.41, 5.74) is 4.81. The van der Waals surface area contributed by atoms with Gasteiger partial charge in [0, 0.05) is 17.8 Å². The van der Waals surface area contributed by atoms with Gasteiger partial charge in [-0.25, -0.2) is 4.98 Å². The number of anilines is 1. The van der Waals surface area contributed by atoms with Crippen LogP contribution in [-0.4, -0.2) is 20.1 Å². The predicted molar refractivity (Wildman–Crippen MR) is 99.0 cm³/mol. The third-order valence-corrected chi connectivity index (χ3v) is 4.13. The number of H-pyrrole nitrogens is 1. The van der Waals surface area contributed by atoms with Crippen LogP contribution in [0.2, 0.25) is 0 Å². The van der Waals surface area contributed by atoms with Gasteiger partial charge in [-0.15, -0.1) is 0 Å². The highest BCUT2D eigenvalue weighted by Crippen LogP contribution is 2.30. The summed E-state index contributed by atoms with van der Waals surface area (Å²) in [6, 6.07) is 17.8. The molecular formula is C20H18N4O. The van der Waals surface area contributed by atoms with Crippen molar-refractivity contribution >= 4 is 16.9 Å². The first kappa shape index (κ1) is 15.4. The first-order valence-electron chi connectivity index (χ1n) is 8.15. The molecule has 0 fully saturated rings. The lowest BCUT2D eigenvalue weighted by molar-refractivity contribution is 0.282. The molecule has 25 heavy (non-hydrogen) atoms. The fraction of sp³-hybridized carbons (Fsp3) is 0.100. The van der Waals surface area contributed by atoms with Crippen LogP contribution >= 0.6 is 0 Å². The number of hydrogen-bond acceptors (Lipinski definition) is 4. The Morgan fingerprint density at radius 1 is 1.04 bits per heavy atom. The molecule has 124 valence electrons. The molecule has 0 amide bonds. The molecule has 0 aliphatic heterocycles. The van der Waals surface area contributed by atoms with E-state index in [4.69, 9.17) is 0 Å². The molecule has 4 aromatic rings. The molecule has 0 radical (unpaired) electrons. The lowest BCUT2D eigenvalue weighted by Crippen LogP contribution is -2.03. The van der Waals surface area contributed by atoms with Crippen LogP contribution in [0, 0.1) is 0 Å². The average Bonchev–Trinajstić information content (AvgIpc) is 3.15. The van der Waals surface area contributed by atoms with Crippen molar-refractivity contribution in [3.05, 3.63) is 78.2 Å². The zero-order chi connectivity index (χ0) is 17.1. The molecule has 0 aliphatic carbocycles. The van der Waals surface area contributed by atoms with Crippen molar-refractivity contribution in [3.63, 3.8) is 0 Å². The number of nitrogens with zero attached hydrogens (tertiary/aromatic N) is 2. The summed E-state index contributed by atoms with van der Waals surface area (Å²) in [6.07, 6.45) is 3.67. The molecule has 0 spiro atoms. The zero-order valence-electron chi connectivity index (χ0n) is 13.6. The number of aliphatic hydroxyl groups is 1. The normalized spacial score (nSPS) is 10.9. The molecule has 3 N–H and O–H groups in total. The highest BCUT2D eigenvalue weighted by atomic mass is 16.3. The first-order chi connectivity index (χ1) is 12.3. The fourth-order valence-corrected chi connectivity index (χ4v) is 2.89. The second-order valence-electron chi connectivity index (χ2n) is 5.83. The van der Waals surface area contributed by atoms with E-state index in [2.05, 4.69) is 20.3 Å². The number of fused-ring (bicyclic) bond motifs is 1. The molecule has 0 atom stereocenters. The second-order valence-corrected chi connectivity index (χ2v) is 5.83.